The first-order valence-electron chi connectivity index (χ1n) is 6.81. The fraction of sp³-hybridized carbons (Fsp3) is 0.133. The van der Waals surface area contributed by atoms with Crippen LogP contribution in [0.15, 0.2) is 35.2 Å². The van der Waals surface area contributed by atoms with Gasteiger partial charge in [-0.15, -0.1) is 0 Å². The van der Waals surface area contributed by atoms with E-state index in [9.17, 15) is 13.2 Å². The first-order chi connectivity index (χ1) is 11.3. The predicted molar refractivity (Wildman–Crippen MR) is 92.6 cm³/mol. The summed E-state index contributed by atoms with van der Waals surface area (Å²) in [6.45, 7) is 1.48. The van der Waals surface area contributed by atoms with Crippen LogP contribution in [0.4, 0.5) is 11.4 Å². The summed E-state index contributed by atoms with van der Waals surface area (Å²) < 4.78 is 33.3. The van der Waals surface area contributed by atoms with Crippen LogP contribution in [0.5, 0.6) is 5.75 Å². The van der Waals surface area contributed by atoms with Gasteiger partial charge in [0.05, 0.1) is 11.4 Å². The Morgan fingerprint density at radius 3 is 2.67 bits per heavy atom. The zero-order valence-electron chi connectivity index (χ0n) is 12.4. The molecule has 2 N–H and O–H groups in total. The van der Waals surface area contributed by atoms with Crippen LogP contribution in [0.3, 0.4) is 0 Å². The Balaban J connectivity index is 2.07. The third-order valence-electron chi connectivity index (χ3n) is 3.37. The molecule has 0 unspecified atom stereocenters. The highest BCUT2D eigenvalue weighted by Gasteiger charge is 2.28. The van der Waals surface area contributed by atoms with Crippen molar-refractivity contribution in [1.82, 2.24) is 0 Å². The number of fused-ring (bicyclic) bond motifs is 1. The van der Waals surface area contributed by atoms with Gasteiger partial charge in [-0.2, -0.15) is 0 Å². The number of carbonyl (C=O) groups excluding carboxylic acids is 1. The summed E-state index contributed by atoms with van der Waals surface area (Å²) in [5.41, 5.74) is 1.26. The van der Waals surface area contributed by atoms with Gasteiger partial charge in [-0.3, -0.25) is 9.52 Å². The van der Waals surface area contributed by atoms with E-state index < -0.39 is 10.0 Å². The molecule has 0 aromatic heterocycles. The van der Waals surface area contributed by atoms with E-state index in [1.165, 1.54) is 18.2 Å². The van der Waals surface area contributed by atoms with E-state index in [2.05, 4.69) is 10.0 Å². The average molecular weight is 387 g/mol. The predicted octanol–water partition coefficient (Wildman–Crippen LogP) is 3.43. The standard InChI is InChI=1S/C15H12Cl2N2O4S/c1-8-2-3-9(16)4-11(8)19-24(21,22)13-6-10(17)5-12-15(13)23-7-14(20)18-12/h2-6,19H,7H2,1H3,(H,18,20). The molecular formula is C15H12Cl2N2O4S. The topological polar surface area (TPSA) is 84.5 Å². The van der Waals surface area contributed by atoms with E-state index in [1.54, 1.807) is 19.1 Å². The minimum absolute atomic E-state index is 0.0474. The van der Waals surface area contributed by atoms with E-state index >= 15 is 0 Å². The van der Waals surface area contributed by atoms with Crippen LogP contribution in [-0.4, -0.2) is 20.9 Å². The van der Waals surface area contributed by atoms with E-state index in [0.29, 0.717) is 16.3 Å². The van der Waals surface area contributed by atoms with Gasteiger partial charge < -0.3 is 10.1 Å². The van der Waals surface area contributed by atoms with Crippen molar-refractivity contribution in [2.24, 2.45) is 0 Å². The third-order valence-corrected chi connectivity index (χ3v) is 5.20. The molecule has 0 bridgehead atoms. The van der Waals surface area contributed by atoms with Gasteiger partial charge in [0, 0.05) is 10.0 Å². The lowest BCUT2D eigenvalue weighted by molar-refractivity contribution is -0.118. The molecule has 126 valence electrons. The Labute approximate surface area is 148 Å². The van der Waals surface area contributed by atoms with Crippen LogP contribution < -0.4 is 14.8 Å². The van der Waals surface area contributed by atoms with E-state index in [1.807, 2.05) is 0 Å². The molecule has 3 rings (SSSR count). The Bertz CT molecular complexity index is 945. The van der Waals surface area contributed by atoms with Crippen molar-refractivity contribution in [2.75, 3.05) is 16.6 Å². The van der Waals surface area contributed by atoms with E-state index in [-0.39, 0.29) is 33.9 Å². The lowest BCUT2D eigenvalue weighted by atomic mass is 10.2. The van der Waals surface area contributed by atoms with Crippen LogP contribution in [0.2, 0.25) is 10.0 Å². The normalized spacial score (nSPS) is 13.7. The summed E-state index contributed by atoms with van der Waals surface area (Å²) in [6, 6.07) is 7.56. The van der Waals surface area contributed by atoms with Crippen molar-refractivity contribution in [2.45, 2.75) is 11.8 Å². The minimum atomic E-state index is -4.00. The van der Waals surface area contributed by atoms with Crippen LogP contribution in [0.25, 0.3) is 0 Å². The fourth-order valence-electron chi connectivity index (χ4n) is 2.24. The van der Waals surface area contributed by atoms with Crippen molar-refractivity contribution >= 4 is 50.5 Å². The number of benzene rings is 2. The molecule has 9 heteroatoms. The van der Waals surface area contributed by atoms with Crippen molar-refractivity contribution in [1.29, 1.82) is 0 Å². The van der Waals surface area contributed by atoms with E-state index in [4.69, 9.17) is 27.9 Å². The second kappa shape index (κ2) is 6.16. The molecule has 2 aromatic rings. The molecule has 0 saturated heterocycles. The molecule has 1 aliphatic rings. The number of hydrogen-bond acceptors (Lipinski definition) is 4. The lowest BCUT2D eigenvalue weighted by Crippen LogP contribution is -2.27. The van der Waals surface area contributed by atoms with Gasteiger partial charge in [0.1, 0.15) is 4.90 Å². The Hall–Kier alpha value is -1.96. The number of hydrogen-bond donors (Lipinski definition) is 2. The summed E-state index contributed by atoms with van der Waals surface area (Å²) >= 11 is 11.9. The SMILES string of the molecule is Cc1ccc(Cl)cc1NS(=O)(=O)c1cc(Cl)cc2c1OCC(=O)N2. The summed E-state index contributed by atoms with van der Waals surface area (Å²) in [5, 5.41) is 3.09. The molecule has 0 atom stereocenters. The van der Waals surface area contributed by atoms with Gasteiger partial charge in [-0.25, -0.2) is 8.42 Å². The average Bonchev–Trinajstić information content (AvgIpc) is 2.49. The summed E-state index contributed by atoms with van der Waals surface area (Å²) in [6.07, 6.45) is 0. The number of ether oxygens (including phenoxy) is 1. The van der Waals surface area contributed by atoms with Crippen LogP contribution in [-0.2, 0) is 14.8 Å². The smallest absolute Gasteiger partial charge is 0.265 e. The summed E-state index contributed by atoms with van der Waals surface area (Å²) in [5.74, 6) is -0.335. The maximum atomic E-state index is 12.8. The van der Waals surface area contributed by atoms with Gasteiger partial charge in [-0.1, -0.05) is 29.3 Å². The molecule has 2 aromatic carbocycles. The second-order valence-corrected chi connectivity index (χ2v) is 7.71. The maximum absolute atomic E-state index is 12.8. The van der Waals surface area contributed by atoms with Crippen molar-refractivity contribution in [3.8, 4) is 5.75 Å². The highest BCUT2D eigenvalue weighted by Crippen LogP contribution is 2.38. The minimum Gasteiger partial charge on any atom is -0.480 e. The second-order valence-electron chi connectivity index (χ2n) is 5.18. The third kappa shape index (κ3) is 3.28. The highest BCUT2D eigenvalue weighted by atomic mass is 35.5. The zero-order chi connectivity index (χ0) is 17.5. The van der Waals surface area contributed by atoms with Gasteiger partial charge in [0.25, 0.3) is 15.9 Å². The first-order valence-corrected chi connectivity index (χ1v) is 9.05. The molecular weight excluding hydrogens is 375 g/mol. The van der Waals surface area contributed by atoms with Gasteiger partial charge in [0.15, 0.2) is 12.4 Å². The number of amides is 1. The number of sulfonamides is 1. The maximum Gasteiger partial charge on any atom is 0.265 e. The van der Waals surface area contributed by atoms with Gasteiger partial charge in [0.2, 0.25) is 0 Å². The number of anilines is 2. The summed E-state index contributed by atoms with van der Waals surface area (Å²) in [4.78, 5) is 11.2. The molecule has 1 amide bonds. The number of aryl methyl sites for hydroxylation is 1. The lowest BCUT2D eigenvalue weighted by Gasteiger charge is -2.21. The van der Waals surface area contributed by atoms with Crippen LogP contribution in [0, 0.1) is 6.92 Å². The highest BCUT2D eigenvalue weighted by molar-refractivity contribution is 7.92. The molecule has 6 nitrogen and oxygen atoms in total. The molecule has 0 spiro atoms. The molecule has 0 saturated carbocycles. The van der Waals surface area contributed by atoms with Crippen LogP contribution in [0.1, 0.15) is 5.56 Å². The van der Waals surface area contributed by atoms with Crippen LogP contribution >= 0.6 is 23.2 Å². The van der Waals surface area contributed by atoms with Gasteiger partial charge in [-0.05, 0) is 36.8 Å². The molecule has 1 heterocycles. The molecule has 1 aliphatic heterocycles. The molecule has 0 fully saturated rings. The van der Waals surface area contributed by atoms with Crippen molar-refractivity contribution < 1.29 is 17.9 Å². The Morgan fingerprint density at radius 1 is 1.17 bits per heavy atom. The Morgan fingerprint density at radius 2 is 1.92 bits per heavy atom. The van der Waals surface area contributed by atoms with E-state index in [0.717, 1.165) is 0 Å². The van der Waals surface area contributed by atoms with Crippen molar-refractivity contribution in [3.05, 3.63) is 45.9 Å². The number of halogens is 2. The Kier molecular flexibility index (Phi) is 4.33. The number of rotatable bonds is 3. The largest absolute Gasteiger partial charge is 0.480 e. The quantitative estimate of drug-likeness (QED) is 0.845. The monoisotopic (exact) mass is 386 g/mol. The first kappa shape index (κ1) is 16.9. The molecule has 24 heavy (non-hydrogen) atoms. The molecule has 0 aliphatic carbocycles. The fourth-order valence-corrected chi connectivity index (χ4v) is 4.01. The number of nitrogens with one attached hydrogen (secondary N) is 2. The van der Waals surface area contributed by atoms with Gasteiger partial charge >= 0.3 is 0 Å². The number of carbonyl (C=O) groups is 1. The summed E-state index contributed by atoms with van der Waals surface area (Å²) in [7, 11) is -4.00. The molecule has 0 radical (unpaired) electrons. The van der Waals surface area contributed by atoms with Crippen molar-refractivity contribution in [3.63, 3.8) is 0 Å². The zero-order valence-corrected chi connectivity index (χ0v) is 14.7.